The van der Waals surface area contributed by atoms with Crippen molar-refractivity contribution in [1.82, 2.24) is 8.87 Å². The Bertz CT molecular complexity index is 1300. The molecule has 14 nitrogen and oxygen atoms in total. The highest BCUT2D eigenvalue weighted by Gasteiger charge is 2.24. The van der Waals surface area contributed by atoms with Crippen molar-refractivity contribution in [3.63, 3.8) is 0 Å². The first kappa shape index (κ1) is 32.0. The number of sulfonamides is 1. The van der Waals surface area contributed by atoms with Crippen LogP contribution in [0.2, 0.25) is 0 Å². The fourth-order valence-corrected chi connectivity index (χ4v) is 4.86. The minimum Gasteiger partial charge on any atom is -0.493 e. The minimum atomic E-state index is -3.84. The summed E-state index contributed by atoms with van der Waals surface area (Å²) in [6.07, 6.45) is 0. The number of azo groups is 1. The van der Waals surface area contributed by atoms with Crippen molar-refractivity contribution in [2.24, 2.45) is 10.2 Å². The normalized spacial score (nSPS) is 11.9. The second kappa shape index (κ2) is 16.0. The van der Waals surface area contributed by atoms with E-state index in [0.29, 0.717) is 0 Å². The summed E-state index contributed by atoms with van der Waals surface area (Å²) in [5, 5.41) is 37.1. The van der Waals surface area contributed by atoms with Crippen molar-refractivity contribution < 1.29 is 37.6 Å². The number of pyridine rings is 1. The predicted octanol–water partition coefficient (Wildman–Crippen LogP) is 1.28. The maximum atomic E-state index is 13.1. The van der Waals surface area contributed by atoms with Gasteiger partial charge in [0.15, 0.2) is 5.69 Å². The molecule has 1 aromatic carbocycles. The molecular formula is C24H33N5O9S. The maximum absolute atomic E-state index is 13.1. The van der Waals surface area contributed by atoms with Gasteiger partial charge in [0.1, 0.15) is 11.6 Å². The minimum absolute atomic E-state index is 0.0131. The van der Waals surface area contributed by atoms with Gasteiger partial charge in [-0.15, -0.1) is 5.11 Å². The second-order valence-electron chi connectivity index (χ2n) is 7.95. The van der Waals surface area contributed by atoms with Crippen LogP contribution in [0, 0.1) is 11.3 Å². The van der Waals surface area contributed by atoms with Crippen LogP contribution in [0.15, 0.2) is 44.2 Å². The number of ether oxygens (including phenoxy) is 4. The van der Waals surface area contributed by atoms with Gasteiger partial charge < -0.3 is 29.2 Å². The molecule has 0 radical (unpaired) electrons. The number of nitrogens with zero attached hydrogens (tertiary/aromatic N) is 5. The predicted molar refractivity (Wildman–Crippen MR) is 139 cm³/mol. The van der Waals surface area contributed by atoms with Gasteiger partial charge in [-0.1, -0.05) is 0 Å². The van der Waals surface area contributed by atoms with Crippen molar-refractivity contribution in [1.29, 1.82) is 5.26 Å². The zero-order valence-corrected chi connectivity index (χ0v) is 22.9. The SMILES string of the molecule is COCCN(CCOC)S(=O)(=O)c1ccc(N=Nc2c(COC)c(C#N)c(O)n(CCOCCO)c2=O)cc1. The average Bonchev–Trinajstić information content (AvgIpc) is 2.93. The summed E-state index contributed by atoms with van der Waals surface area (Å²) in [4.78, 5) is 13.2. The highest BCUT2D eigenvalue weighted by molar-refractivity contribution is 7.89. The number of hydrogen-bond donors (Lipinski definition) is 2. The molecule has 2 aromatic rings. The molecule has 2 N–H and O–H groups in total. The molecule has 0 spiro atoms. The van der Waals surface area contributed by atoms with Crippen molar-refractivity contribution in [2.45, 2.75) is 18.0 Å². The van der Waals surface area contributed by atoms with Gasteiger partial charge in [-0.25, -0.2) is 8.42 Å². The Kier molecular flexibility index (Phi) is 13.1. The van der Waals surface area contributed by atoms with E-state index in [9.17, 15) is 23.6 Å². The molecule has 0 unspecified atom stereocenters. The number of rotatable bonds is 17. The van der Waals surface area contributed by atoms with E-state index in [1.807, 2.05) is 6.07 Å². The lowest BCUT2D eigenvalue weighted by molar-refractivity contribution is 0.0853. The fourth-order valence-electron chi connectivity index (χ4n) is 3.46. The average molecular weight is 568 g/mol. The highest BCUT2D eigenvalue weighted by atomic mass is 32.2. The lowest BCUT2D eigenvalue weighted by Gasteiger charge is -2.21. The first-order chi connectivity index (χ1) is 18.8. The molecule has 0 fully saturated rings. The standard InChI is InChI=1S/C24H33N5O9S/c1-35-12-8-28(9-13-36-2)39(33,34)19-6-4-18(5-7-19)26-27-22-21(17-37-3)20(16-25)23(31)29(24(22)32)10-14-38-15-11-30/h4-7,30-31H,8-15,17H2,1-3H3. The number of nitriles is 1. The fraction of sp³-hybridized carbons (Fsp3) is 0.500. The van der Waals surface area contributed by atoms with E-state index in [2.05, 4.69) is 10.2 Å². The largest absolute Gasteiger partial charge is 0.493 e. The highest BCUT2D eigenvalue weighted by Crippen LogP contribution is 2.29. The van der Waals surface area contributed by atoms with Gasteiger partial charge in [-0.3, -0.25) is 9.36 Å². The number of aromatic hydroxyl groups is 1. The smallest absolute Gasteiger partial charge is 0.281 e. The zero-order valence-electron chi connectivity index (χ0n) is 22.1. The number of aliphatic hydroxyl groups is 1. The summed E-state index contributed by atoms with van der Waals surface area (Å²) < 4.78 is 48.6. The lowest BCUT2D eigenvalue weighted by atomic mass is 10.1. The Balaban J connectivity index is 2.43. The third-order valence-electron chi connectivity index (χ3n) is 5.44. The molecule has 0 aliphatic heterocycles. The number of methoxy groups -OCH3 is 3. The summed E-state index contributed by atoms with van der Waals surface area (Å²) in [5.41, 5.74) is -0.885. The molecule has 2 rings (SSSR count). The van der Waals surface area contributed by atoms with Gasteiger partial charge >= 0.3 is 0 Å². The molecule has 0 aliphatic carbocycles. The summed E-state index contributed by atoms with van der Waals surface area (Å²) >= 11 is 0. The van der Waals surface area contributed by atoms with Crippen LogP contribution in [-0.4, -0.2) is 95.0 Å². The molecule has 0 bridgehead atoms. The summed E-state index contributed by atoms with van der Waals surface area (Å²) in [6, 6.07) is 7.42. The maximum Gasteiger partial charge on any atom is 0.281 e. The Labute approximate surface area is 226 Å². The van der Waals surface area contributed by atoms with Gasteiger partial charge in [-0.05, 0) is 24.3 Å². The number of hydrogen-bond acceptors (Lipinski definition) is 12. The van der Waals surface area contributed by atoms with Crippen LogP contribution in [0.3, 0.4) is 0 Å². The van der Waals surface area contributed by atoms with Crippen LogP contribution in [0.25, 0.3) is 0 Å². The molecule has 0 atom stereocenters. The molecule has 15 heteroatoms. The summed E-state index contributed by atoms with van der Waals surface area (Å²) in [5.74, 6) is -0.567. The summed E-state index contributed by atoms with van der Waals surface area (Å²) in [7, 11) is 0.471. The van der Waals surface area contributed by atoms with E-state index in [4.69, 9.17) is 24.1 Å². The molecule has 0 saturated heterocycles. The van der Waals surface area contributed by atoms with E-state index in [-0.39, 0.29) is 86.7 Å². The van der Waals surface area contributed by atoms with Gasteiger partial charge in [0.2, 0.25) is 15.9 Å². The Hall–Kier alpha value is -3.23. The van der Waals surface area contributed by atoms with Crippen LogP contribution in [-0.2, 0) is 42.1 Å². The lowest BCUT2D eigenvalue weighted by Crippen LogP contribution is -2.36. The van der Waals surface area contributed by atoms with Gasteiger partial charge in [0, 0.05) is 40.0 Å². The Morgan fingerprint density at radius 2 is 1.64 bits per heavy atom. The Morgan fingerprint density at radius 3 is 2.18 bits per heavy atom. The molecule has 0 saturated carbocycles. The zero-order chi connectivity index (χ0) is 28.8. The van der Waals surface area contributed by atoms with Gasteiger partial charge in [0.05, 0.1) is 56.8 Å². The molecular weight excluding hydrogens is 534 g/mol. The van der Waals surface area contributed by atoms with E-state index in [1.165, 1.54) is 49.9 Å². The van der Waals surface area contributed by atoms with Crippen LogP contribution >= 0.6 is 0 Å². The molecule has 1 heterocycles. The number of aliphatic hydroxyl groups excluding tert-OH is 1. The number of aromatic nitrogens is 1. The van der Waals surface area contributed by atoms with Crippen LogP contribution in [0.4, 0.5) is 11.4 Å². The van der Waals surface area contributed by atoms with Crippen molar-refractivity contribution in [3.05, 3.63) is 45.7 Å². The first-order valence-corrected chi connectivity index (χ1v) is 13.3. The van der Waals surface area contributed by atoms with Crippen LogP contribution < -0.4 is 5.56 Å². The third-order valence-corrected chi connectivity index (χ3v) is 7.35. The second-order valence-corrected chi connectivity index (χ2v) is 9.88. The van der Waals surface area contributed by atoms with Crippen molar-refractivity contribution in [3.8, 4) is 11.9 Å². The molecule has 214 valence electrons. The number of benzene rings is 1. The van der Waals surface area contributed by atoms with E-state index in [1.54, 1.807) is 0 Å². The van der Waals surface area contributed by atoms with Crippen molar-refractivity contribution in [2.75, 3.05) is 67.5 Å². The van der Waals surface area contributed by atoms with E-state index in [0.717, 1.165) is 4.57 Å². The quantitative estimate of drug-likeness (QED) is 0.208. The first-order valence-electron chi connectivity index (χ1n) is 11.8. The molecule has 0 aliphatic rings. The molecule has 39 heavy (non-hydrogen) atoms. The van der Waals surface area contributed by atoms with E-state index < -0.39 is 21.5 Å². The van der Waals surface area contributed by atoms with Crippen LogP contribution in [0.1, 0.15) is 11.1 Å². The molecule has 0 amide bonds. The topological polar surface area (TPSA) is 185 Å². The van der Waals surface area contributed by atoms with Crippen LogP contribution in [0.5, 0.6) is 5.88 Å². The third kappa shape index (κ3) is 8.38. The molecule has 1 aromatic heterocycles. The Morgan fingerprint density at radius 1 is 1.00 bits per heavy atom. The summed E-state index contributed by atoms with van der Waals surface area (Å²) in [6.45, 7) is 0.217. The van der Waals surface area contributed by atoms with Gasteiger partial charge in [0.25, 0.3) is 5.56 Å². The van der Waals surface area contributed by atoms with Crippen molar-refractivity contribution >= 4 is 21.4 Å². The monoisotopic (exact) mass is 567 g/mol. The van der Waals surface area contributed by atoms with E-state index >= 15 is 0 Å². The van der Waals surface area contributed by atoms with Gasteiger partial charge in [-0.2, -0.15) is 14.7 Å².